The van der Waals surface area contributed by atoms with Gasteiger partial charge in [0.1, 0.15) is 6.04 Å². The zero-order valence-corrected chi connectivity index (χ0v) is 16.3. The summed E-state index contributed by atoms with van der Waals surface area (Å²) in [5.74, 6) is 0.0156. The summed E-state index contributed by atoms with van der Waals surface area (Å²) in [7, 11) is 1.95. The van der Waals surface area contributed by atoms with Crippen LogP contribution in [0.3, 0.4) is 0 Å². The summed E-state index contributed by atoms with van der Waals surface area (Å²) < 4.78 is 5.37. The molecule has 0 bridgehead atoms. The van der Waals surface area contributed by atoms with Crippen molar-refractivity contribution in [1.29, 1.82) is 0 Å². The molecule has 1 atom stereocenters. The molecular formula is C21H32N2O2. The maximum atomic E-state index is 12.8. The number of nitrogens with one attached hydrogen (secondary N) is 1. The van der Waals surface area contributed by atoms with Gasteiger partial charge >= 0.3 is 0 Å². The van der Waals surface area contributed by atoms with E-state index in [1.54, 1.807) is 0 Å². The van der Waals surface area contributed by atoms with Gasteiger partial charge in [0.15, 0.2) is 0 Å². The largest absolute Gasteiger partial charge is 0.381 e. The second-order valence-corrected chi connectivity index (χ2v) is 8.05. The van der Waals surface area contributed by atoms with Gasteiger partial charge in [-0.1, -0.05) is 39.5 Å². The second kappa shape index (κ2) is 8.05. The average Bonchev–Trinajstić information content (AvgIpc) is 2.54. The number of ether oxygens (including phenoxy) is 1. The van der Waals surface area contributed by atoms with E-state index in [-0.39, 0.29) is 23.4 Å². The van der Waals surface area contributed by atoms with Gasteiger partial charge in [-0.3, -0.25) is 4.79 Å². The number of likely N-dealkylation sites (N-methyl/N-ethyl adjacent to an activating group) is 1. The third-order valence-electron chi connectivity index (χ3n) is 4.81. The molecule has 1 aliphatic heterocycles. The average molecular weight is 344 g/mol. The summed E-state index contributed by atoms with van der Waals surface area (Å²) in [6, 6.07) is 8.26. The minimum atomic E-state index is -0.372. The van der Waals surface area contributed by atoms with E-state index in [1.165, 1.54) is 5.56 Å². The SMILES string of the molecule is C=C(C)C(C(=O)NC1CCOCC1)N(C)c1ccc(C(C)(C)C)cc1. The highest BCUT2D eigenvalue weighted by Crippen LogP contribution is 2.26. The van der Waals surface area contributed by atoms with Gasteiger partial charge in [-0.2, -0.15) is 0 Å². The van der Waals surface area contributed by atoms with Crippen LogP contribution in [0, 0.1) is 0 Å². The van der Waals surface area contributed by atoms with Gasteiger partial charge in [-0.05, 0) is 48.4 Å². The standard InChI is InChI=1S/C21H32N2O2/c1-15(2)19(20(24)22-17-11-13-25-14-12-17)23(6)18-9-7-16(8-10-18)21(3,4)5/h7-10,17,19H,1,11-14H2,2-6H3,(H,22,24). The topological polar surface area (TPSA) is 41.6 Å². The Labute approximate surface area is 152 Å². The van der Waals surface area contributed by atoms with Crippen LogP contribution in [-0.2, 0) is 14.9 Å². The minimum absolute atomic E-state index is 0.0156. The highest BCUT2D eigenvalue weighted by atomic mass is 16.5. The van der Waals surface area contributed by atoms with Crippen LogP contribution in [0.1, 0.15) is 46.1 Å². The van der Waals surface area contributed by atoms with E-state index in [9.17, 15) is 4.79 Å². The smallest absolute Gasteiger partial charge is 0.247 e. The first-order valence-electron chi connectivity index (χ1n) is 9.07. The number of benzene rings is 1. The maximum Gasteiger partial charge on any atom is 0.247 e. The van der Waals surface area contributed by atoms with E-state index in [0.29, 0.717) is 13.2 Å². The van der Waals surface area contributed by atoms with Gasteiger partial charge in [0.2, 0.25) is 5.91 Å². The molecule has 0 spiro atoms. The summed E-state index contributed by atoms with van der Waals surface area (Å²) in [5, 5.41) is 3.17. The van der Waals surface area contributed by atoms with Crippen molar-refractivity contribution in [1.82, 2.24) is 5.32 Å². The number of hydrogen-bond acceptors (Lipinski definition) is 3. The van der Waals surface area contributed by atoms with Crippen molar-refractivity contribution < 1.29 is 9.53 Å². The monoisotopic (exact) mass is 344 g/mol. The van der Waals surface area contributed by atoms with E-state index < -0.39 is 0 Å². The highest BCUT2D eigenvalue weighted by Gasteiger charge is 2.27. The normalized spacial score (nSPS) is 17.0. The predicted molar refractivity (Wildman–Crippen MR) is 104 cm³/mol. The van der Waals surface area contributed by atoms with Gasteiger partial charge in [0.25, 0.3) is 0 Å². The fourth-order valence-corrected chi connectivity index (χ4v) is 3.20. The van der Waals surface area contributed by atoms with Gasteiger partial charge in [-0.15, -0.1) is 0 Å². The molecule has 4 nitrogen and oxygen atoms in total. The summed E-state index contributed by atoms with van der Waals surface area (Å²) in [6.07, 6.45) is 1.75. The summed E-state index contributed by atoms with van der Waals surface area (Å²) in [4.78, 5) is 14.8. The van der Waals surface area contributed by atoms with Crippen LogP contribution in [0.5, 0.6) is 0 Å². The lowest BCUT2D eigenvalue weighted by molar-refractivity contribution is -0.122. The first-order valence-corrected chi connectivity index (χ1v) is 9.07. The van der Waals surface area contributed by atoms with Crippen LogP contribution in [-0.4, -0.2) is 38.3 Å². The Morgan fingerprint density at radius 3 is 2.28 bits per heavy atom. The van der Waals surface area contributed by atoms with Gasteiger partial charge in [0, 0.05) is 32.0 Å². The zero-order chi connectivity index (χ0) is 18.6. The van der Waals surface area contributed by atoms with Crippen LogP contribution >= 0.6 is 0 Å². The Bertz CT molecular complexity index is 595. The number of carbonyl (C=O) groups excluding carboxylic acids is 1. The number of hydrogen-bond donors (Lipinski definition) is 1. The van der Waals surface area contributed by atoms with Crippen molar-refractivity contribution in [2.75, 3.05) is 25.2 Å². The molecule has 0 aromatic heterocycles. The molecule has 1 aromatic carbocycles. The Morgan fingerprint density at radius 2 is 1.80 bits per heavy atom. The van der Waals surface area contributed by atoms with Crippen LogP contribution in [0.2, 0.25) is 0 Å². The Kier molecular flexibility index (Phi) is 6.28. The van der Waals surface area contributed by atoms with E-state index in [2.05, 4.69) is 56.9 Å². The molecule has 2 rings (SSSR count). The number of nitrogens with zero attached hydrogens (tertiary/aromatic N) is 1. The Balaban J connectivity index is 2.12. The highest BCUT2D eigenvalue weighted by molar-refractivity contribution is 5.88. The molecule has 1 saturated heterocycles. The molecule has 0 radical (unpaired) electrons. The molecule has 1 aromatic rings. The Hall–Kier alpha value is -1.81. The van der Waals surface area contributed by atoms with Crippen LogP contribution < -0.4 is 10.2 Å². The molecule has 138 valence electrons. The van der Waals surface area contributed by atoms with Crippen molar-refractivity contribution in [3.8, 4) is 0 Å². The van der Waals surface area contributed by atoms with E-state index in [0.717, 1.165) is 24.1 Å². The number of anilines is 1. The van der Waals surface area contributed by atoms with E-state index in [4.69, 9.17) is 4.74 Å². The second-order valence-electron chi connectivity index (χ2n) is 8.05. The third-order valence-corrected chi connectivity index (χ3v) is 4.81. The first-order chi connectivity index (χ1) is 11.7. The van der Waals surface area contributed by atoms with Crippen LogP contribution in [0.15, 0.2) is 36.4 Å². The van der Waals surface area contributed by atoms with Crippen molar-refractivity contribution in [3.05, 3.63) is 42.0 Å². The van der Waals surface area contributed by atoms with Gasteiger partial charge in [-0.25, -0.2) is 0 Å². The number of carbonyl (C=O) groups is 1. The maximum absolute atomic E-state index is 12.8. The molecule has 25 heavy (non-hydrogen) atoms. The first kappa shape index (κ1) is 19.5. The third kappa shape index (κ3) is 5.08. The quantitative estimate of drug-likeness (QED) is 0.829. The summed E-state index contributed by atoms with van der Waals surface area (Å²) in [6.45, 7) is 14.0. The lowest BCUT2D eigenvalue weighted by atomic mass is 9.87. The molecule has 0 aliphatic carbocycles. The molecule has 0 saturated carbocycles. The fourth-order valence-electron chi connectivity index (χ4n) is 3.20. The number of amides is 1. The lowest BCUT2D eigenvalue weighted by Crippen LogP contribution is -2.50. The Morgan fingerprint density at radius 1 is 1.24 bits per heavy atom. The van der Waals surface area contributed by atoms with Crippen molar-refractivity contribution in [3.63, 3.8) is 0 Å². The molecule has 4 heteroatoms. The molecule has 1 unspecified atom stereocenters. The minimum Gasteiger partial charge on any atom is -0.381 e. The van der Waals surface area contributed by atoms with E-state index >= 15 is 0 Å². The molecule has 1 amide bonds. The van der Waals surface area contributed by atoms with Crippen molar-refractivity contribution in [2.45, 2.75) is 58.0 Å². The summed E-state index contributed by atoms with van der Waals surface area (Å²) >= 11 is 0. The molecular weight excluding hydrogens is 312 g/mol. The predicted octanol–water partition coefficient (Wildman–Crippen LogP) is 3.66. The zero-order valence-electron chi connectivity index (χ0n) is 16.3. The van der Waals surface area contributed by atoms with Crippen LogP contribution in [0.25, 0.3) is 0 Å². The molecule has 1 aliphatic rings. The van der Waals surface area contributed by atoms with E-state index in [1.807, 2.05) is 18.9 Å². The molecule has 1 N–H and O–H groups in total. The number of rotatable bonds is 5. The van der Waals surface area contributed by atoms with Crippen LogP contribution in [0.4, 0.5) is 5.69 Å². The molecule has 1 heterocycles. The lowest BCUT2D eigenvalue weighted by Gasteiger charge is -2.32. The molecule has 1 fully saturated rings. The van der Waals surface area contributed by atoms with Crippen molar-refractivity contribution >= 4 is 11.6 Å². The summed E-state index contributed by atoms with van der Waals surface area (Å²) in [5.41, 5.74) is 3.25. The van der Waals surface area contributed by atoms with Crippen molar-refractivity contribution in [2.24, 2.45) is 0 Å². The van der Waals surface area contributed by atoms with Gasteiger partial charge in [0.05, 0.1) is 0 Å². The van der Waals surface area contributed by atoms with Gasteiger partial charge < -0.3 is 15.0 Å². The fraction of sp³-hybridized carbons (Fsp3) is 0.571.